The van der Waals surface area contributed by atoms with Gasteiger partial charge in [0.05, 0.1) is 16.6 Å². The van der Waals surface area contributed by atoms with Crippen molar-refractivity contribution in [1.82, 2.24) is 9.97 Å². The van der Waals surface area contributed by atoms with Gasteiger partial charge in [-0.15, -0.1) is 0 Å². The maximum atomic E-state index is 4.44. The summed E-state index contributed by atoms with van der Waals surface area (Å²) in [7, 11) is 0. The quantitative estimate of drug-likeness (QED) is 0.587. The minimum atomic E-state index is 1.08. The second-order valence-corrected chi connectivity index (χ2v) is 3.97. The Bertz CT molecular complexity index is 650. The molecule has 0 aliphatic heterocycles. The van der Waals surface area contributed by atoms with Crippen LogP contribution in [0.15, 0.2) is 30.5 Å². The lowest BCUT2D eigenvalue weighted by molar-refractivity contribution is 1.41. The van der Waals surface area contributed by atoms with Crippen LogP contribution in [0.1, 0.15) is 11.1 Å². The number of aryl methyl sites for hydroxylation is 2. The van der Waals surface area contributed by atoms with Crippen LogP contribution in [0.4, 0.5) is 0 Å². The maximum absolute atomic E-state index is 4.44. The molecule has 3 rings (SSSR count). The molecule has 2 nitrogen and oxygen atoms in total. The average Bonchev–Trinajstić information content (AvgIpc) is 2.64. The first-order valence-corrected chi connectivity index (χ1v) is 5.10. The Kier molecular flexibility index (Phi) is 1.60. The third-order valence-electron chi connectivity index (χ3n) is 2.93. The molecule has 2 heterocycles. The van der Waals surface area contributed by atoms with Gasteiger partial charge in [0.1, 0.15) is 0 Å². The van der Waals surface area contributed by atoms with Crippen LogP contribution in [0.2, 0.25) is 0 Å². The molecule has 0 radical (unpaired) electrons. The summed E-state index contributed by atoms with van der Waals surface area (Å²) in [6, 6.07) is 8.33. The maximum Gasteiger partial charge on any atom is 0.0960 e. The third-order valence-corrected chi connectivity index (χ3v) is 2.93. The molecular formula is C13H12N2. The zero-order valence-corrected chi connectivity index (χ0v) is 8.83. The van der Waals surface area contributed by atoms with Crippen LogP contribution in [0, 0.1) is 13.8 Å². The highest BCUT2D eigenvalue weighted by molar-refractivity contribution is 6.07. The van der Waals surface area contributed by atoms with E-state index in [1.165, 1.54) is 22.0 Å². The molecule has 0 aliphatic rings. The van der Waals surface area contributed by atoms with Crippen molar-refractivity contribution in [3.63, 3.8) is 0 Å². The average molecular weight is 196 g/mol. The van der Waals surface area contributed by atoms with E-state index in [9.17, 15) is 0 Å². The van der Waals surface area contributed by atoms with Crippen LogP contribution in [-0.4, -0.2) is 9.97 Å². The van der Waals surface area contributed by atoms with Crippen LogP contribution >= 0.6 is 0 Å². The van der Waals surface area contributed by atoms with Crippen molar-refractivity contribution in [1.29, 1.82) is 0 Å². The van der Waals surface area contributed by atoms with Gasteiger partial charge in [-0.05, 0) is 37.1 Å². The molecule has 0 saturated heterocycles. The molecule has 1 aromatic carbocycles. The molecule has 0 unspecified atom stereocenters. The fourth-order valence-electron chi connectivity index (χ4n) is 2.12. The summed E-state index contributed by atoms with van der Waals surface area (Å²) in [5.41, 5.74) is 5.96. The molecule has 0 fully saturated rings. The standard InChI is InChI=1S/C13H12N2/c1-8-5-6-9(2)12-11(8)13-10(15-12)4-3-7-14-13/h3-7,15H,1-2H3. The number of benzene rings is 1. The fourth-order valence-corrected chi connectivity index (χ4v) is 2.12. The lowest BCUT2D eigenvalue weighted by Gasteiger charge is -1.99. The third kappa shape index (κ3) is 1.08. The predicted octanol–water partition coefficient (Wildman–Crippen LogP) is 3.33. The molecule has 0 amide bonds. The second-order valence-electron chi connectivity index (χ2n) is 3.97. The van der Waals surface area contributed by atoms with Crippen LogP contribution in [0.3, 0.4) is 0 Å². The van der Waals surface area contributed by atoms with Crippen molar-refractivity contribution in [2.24, 2.45) is 0 Å². The Balaban J connectivity index is 2.66. The topological polar surface area (TPSA) is 28.7 Å². The van der Waals surface area contributed by atoms with Crippen molar-refractivity contribution in [2.45, 2.75) is 13.8 Å². The van der Waals surface area contributed by atoms with E-state index in [0.717, 1.165) is 11.0 Å². The highest BCUT2D eigenvalue weighted by Crippen LogP contribution is 2.28. The summed E-state index contributed by atoms with van der Waals surface area (Å²) < 4.78 is 0. The van der Waals surface area contributed by atoms with E-state index in [0.29, 0.717) is 0 Å². The summed E-state index contributed by atoms with van der Waals surface area (Å²) in [5, 5.41) is 1.26. The van der Waals surface area contributed by atoms with Gasteiger partial charge >= 0.3 is 0 Å². The number of nitrogens with one attached hydrogen (secondary N) is 1. The summed E-state index contributed by atoms with van der Waals surface area (Å²) in [4.78, 5) is 7.86. The highest BCUT2D eigenvalue weighted by atomic mass is 14.8. The van der Waals surface area contributed by atoms with Crippen LogP contribution < -0.4 is 0 Å². The molecule has 1 N–H and O–H groups in total. The van der Waals surface area contributed by atoms with Gasteiger partial charge in [0.25, 0.3) is 0 Å². The van der Waals surface area contributed by atoms with E-state index >= 15 is 0 Å². The molecule has 74 valence electrons. The molecule has 15 heavy (non-hydrogen) atoms. The zero-order chi connectivity index (χ0) is 10.4. The minimum absolute atomic E-state index is 1.08. The Morgan fingerprint density at radius 2 is 1.87 bits per heavy atom. The van der Waals surface area contributed by atoms with Crippen LogP contribution in [0.25, 0.3) is 21.9 Å². The summed E-state index contributed by atoms with van der Waals surface area (Å²) >= 11 is 0. The summed E-state index contributed by atoms with van der Waals surface area (Å²) in [5.74, 6) is 0. The van der Waals surface area contributed by atoms with E-state index in [2.05, 4.69) is 42.0 Å². The normalized spacial score (nSPS) is 11.3. The predicted molar refractivity (Wildman–Crippen MR) is 63.1 cm³/mol. The van der Waals surface area contributed by atoms with Gasteiger partial charge in [-0.1, -0.05) is 12.1 Å². The van der Waals surface area contributed by atoms with E-state index < -0.39 is 0 Å². The van der Waals surface area contributed by atoms with Crippen molar-refractivity contribution in [2.75, 3.05) is 0 Å². The molecule has 2 heteroatoms. The van der Waals surface area contributed by atoms with E-state index in [-0.39, 0.29) is 0 Å². The molecular weight excluding hydrogens is 184 g/mol. The monoisotopic (exact) mass is 196 g/mol. The molecule has 0 aliphatic carbocycles. The lowest BCUT2D eigenvalue weighted by atomic mass is 10.1. The molecule has 2 aromatic heterocycles. The van der Waals surface area contributed by atoms with Gasteiger partial charge in [0, 0.05) is 11.6 Å². The number of hydrogen-bond donors (Lipinski definition) is 1. The van der Waals surface area contributed by atoms with Crippen LogP contribution in [-0.2, 0) is 0 Å². The zero-order valence-electron chi connectivity index (χ0n) is 8.83. The number of pyridine rings is 1. The number of hydrogen-bond acceptors (Lipinski definition) is 1. The number of rotatable bonds is 0. The molecule has 0 saturated carbocycles. The van der Waals surface area contributed by atoms with Gasteiger partial charge < -0.3 is 4.98 Å². The summed E-state index contributed by atoms with van der Waals surface area (Å²) in [6.07, 6.45) is 1.84. The van der Waals surface area contributed by atoms with Crippen molar-refractivity contribution in [3.8, 4) is 0 Å². The first-order chi connectivity index (χ1) is 7.27. The van der Waals surface area contributed by atoms with Crippen molar-refractivity contribution in [3.05, 3.63) is 41.6 Å². The highest BCUT2D eigenvalue weighted by Gasteiger charge is 2.08. The van der Waals surface area contributed by atoms with Gasteiger partial charge in [0.2, 0.25) is 0 Å². The van der Waals surface area contributed by atoms with Crippen LogP contribution in [0.5, 0.6) is 0 Å². The SMILES string of the molecule is Cc1ccc(C)c2c1[nH]c1cccnc12. The van der Waals surface area contributed by atoms with Gasteiger partial charge in [0.15, 0.2) is 0 Å². The van der Waals surface area contributed by atoms with E-state index in [1.54, 1.807) is 0 Å². The second kappa shape index (κ2) is 2.83. The lowest BCUT2D eigenvalue weighted by Crippen LogP contribution is -1.80. The van der Waals surface area contributed by atoms with Crippen molar-refractivity contribution >= 4 is 21.9 Å². The van der Waals surface area contributed by atoms with Gasteiger partial charge in [-0.2, -0.15) is 0 Å². The van der Waals surface area contributed by atoms with Crippen molar-refractivity contribution < 1.29 is 0 Å². The number of fused-ring (bicyclic) bond motifs is 3. The number of aromatic nitrogens is 2. The van der Waals surface area contributed by atoms with Gasteiger partial charge in [-0.3, -0.25) is 4.98 Å². The molecule has 0 bridgehead atoms. The summed E-state index contributed by atoms with van der Waals surface area (Å²) in [6.45, 7) is 4.25. The Labute approximate surface area is 88.0 Å². The Morgan fingerprint density at radius 1 is 1.07 bits per heavy atom. The molecule has 0 atom stereocenters. The first-order valence-electron chi connectivity index (χ1n) is 5.10. The molecule has 0 spiro atoms. The Hall–Kier alpha value is -1.83. The largest absolute Gasteiger partial charge is 0.353 e. The Morgan fingerprint density at radius 3 is 2.73 bits per heavy atom. The fraction of sp³-hybridized carbons (Fsp3) is 0.154. The molecule has 3 aromatic rings. The smallest absolute Gasteiger partial charge is 0.0960 e. The van der Waals surface area contributed by atoms with Gasteiger partial charge in [-0.25, -0.2) is 0 Å². The minimum Gasteiger partial charge on any atom is -0.353 e. The van der Waals surface area contributed by atoms with E-state index in [4.69, 9.17) is 0 Å². The van der Waals surface area contributed by atoms with E-state index in [1.807, 2.05) is 12.3 Å². The number of nitrogens with zero attached hydrogens (tertiary/aromatic N) is 1. The number of H-pyrrole nitrogens is 1. The number of aromatic amines is 1. The first kappa shape index (κ1) is 8.48.